The molecule has 0 aliphatic carbocycles. The molecule has 0 N–H and O–H groups in total. The van der Waals surface area contributed by atoms with Crippen LogP contribution in [0, 0.1) is 6.92 Å². The van der Waals surface area contributed by atoms with E-state index in [1.807, 2.05) is 19.1 Å². The number of halogens is 1. The van der Waals surface area contributed by atoms with Crippen LogP contribution in [-0.4, -0.2) is 12.1 Å². The van der Waals surface area contributed by atoms with E-state index < -0.39 is 0 Å². The monoisotopic (exact) mass is 257 g/mol. The molecule has 0 unspecified atom stereocenters. The number of ether oxygens (including phenoxy) is 1. The van der Waals surface area contributed by atoms with Crippen molar-refractivity contribution in [3.63, 3.8) is 0 Å². The summed E-state index contributed by atoms with van der Waals surface area (Å²) in [4.78, 5) is 4.40. The third kappa shape index (κ3) is 1.56. The highest BCUT2D eigenvalue weighted by molar-refractivity contribution is 9.10. The Morgan fingerprint density at radius 3 is 2.92 bits per heavy atom. The van der Waals surface area contributed by atoms with E-state index in [2.05, 4.69) is 20.9 Å². The summed E-state index contributed by atoms with van der Waals surface area (Å²) in [5.74, 6) is 0.864. The molecule has 0 amide bonds. The van der Waals surface area contributed by atoms with Crippen LogP contribution in [0.4, 0.5) is 0 Å². The van der Waals surface area contributed by atoms with Crippen LogP contribution in [0.2, 0.25) is 0 Å². The molecule has 0 saturated heterocycles. The maximum Gasteiger partial charge on any atom is 0.121 e. The first-order valence-electron chi connectivity index (χ1n) is 3.81. The maximum absolute atomic E-state index is 5.16. The molecule has 68 valence electrons. The first kappa shape index (κ1) is 8.97. The smallest absolute Gasteiger partial charge is 0.121 e. The van der Waals surface area contributed by atoms with Gasteiger partial charge in [0.25, 0.3) is 0 Å². The second-order valence-corrected chi connectivity index (χ2v) is 4.78. The van der Waals surface area contributed by atoms with Crippen LogP contribution < -0.4 is 4.74 Å². The Labute approximate surface area is 88.7 Å². The maximum atomic E-state index is 5.16. The molecule has 2 nitrogen and oxygen atoms in total. The molecule has 1 aromatic heterocycles. The number of aryl methyl sites for hydroxylation is 1. The summed E-state index contributed by atoms with van der Waals surface area (Å²) >= 11 is 5.14. The van der Waals surface area contributed by atoms with Crippen molar-refractivity contribution in [1.82, 2.24) is 4.98 Å². The molecular formula is C9H8BrNOS. The average molecular weight is 258 g/mol. The lowest BCUT2D eigenvalue weighted by molar-refractivity contribution is 0.415. The zero-order chi connectivity index (χ0) is 9.42. The van der Waals surface area contributed by atoms with Crippen LogP contribution in [0.15, 0.2) is 16.6 Å². The Morgan fingerprint density at radius 1 is 1.46 bits per heavy atom. The van der Waals surface area contributed by atoms with E-state index in [1.165, 1.54) is 0 Å². The molecule has 0 aliphatic heterocycles. The lowest BCUT2D eigenvalue weighted by Gasteiger charge is -1.99. The van der Waals surface area contributed by atoms with Gasteiger partial charge in [0.1, 0.15) is 5.75 Å². The van der Waals surface area contributed by atoms with E-state index in [1.54, 1.807) is 18.4 Å². The normalized spacial score (nSPS) is 10.7. The molecule has 2 rings (SSSR count). The minimum absolute atomic E-state index is 0.864. The highest BCUT2D eigenvalue weighted by Gasteiger charge is 2.06. The van der Waals surface area contributed by atoms with Crippen molar-refractivity contribution in [2.75, 3.05) is 7.11 Å². The molecule has 13 heavy (non-hydrogen) atoms. The minimum Gasteiger partial charge on any atom is -0.497 e. The zero-order valence-corrected chi connectivity index (χ0v) is 9.70. The molecule has 1 aromatic carbocycles. The van der Waals surface area contributed by atoms with Crippen LogP contribution >= 0.6 is 27.3 Å². The fraction of sp³-hybridized carbons (Fsp3) is 0.222. The summed E-state index contributed by atoms with van der Waals surface area (Å²) in [7, 11) is 1.67. The van der Waals surface area contributed by atoms with Crippen LogP contribution in [0.5, 0.6) is 5.75 Å². The first-order valence-corrected chi connectivity index (χ1v) is 5.42. The van der Waals surface area contributed by atoms with Crippen molar-refractivity contribution in [2.45, 2.75) is 6.92 Å². The molecule has 0 aliphatic rings. The molecule has 0 radical (unpaired) electrons. The van der Waals surface area contributed by atoms with Gasteiger partial charge in [0.05, 0.1) is 22.3 Å². The molecule has 0 spiro atoms. The molecule has 0 atom stereocenters. The Morgan fingerprint density at radius 2 is 2.23 bits per heavy atom. The lowest BCUT2D eigenvalue weighted by atomic mass is 10.3. The van der Waals surface area contributed by atoms with Gasteiger partial charge in [0, 0.05) is 4.47 Å². The van der Waals surface area contributed by atoms with Crippen LogP contribution in [0.1, 0.15) is 5.01 Å². The van der Waals surface area contributed by atoms with Crippen molar-refractivity contribution in [3.05, 3.63) is 21.6 Å². The first-order chi connectivity index (χ1) is 6.20. The van der Waals surface area contributed by atoms with E-state index in [4.69, 9.17) is 4.74 Å². The van der Waals surface area contributed by atoms with Crippen LogP contribution in [-0.2, 0) is 0 Å². The summed E-state index contributed by atoms with van der Waals surface area (Å²) < 4.78 is 7.31. The van der Waals surface area contributed by atoms with Crippen molar-refractivity contribution in [3.8, 4) is 5.75 Å². The van der Waals surface area contributed by atoms with Crippen LogP contribution in [0.3, 0.4) is 0 Å². The van der Waals surface area contributed by atoms with E-state index >= 15 is 0 Å². The summed E-state index contributed by atoms with van der Waals surface area (Å²) in [6, 6.07) is 3.94. The number of hydrogen-bond donors (Lipinski definition) is 0. The largest absolute Gasteiger partial charge is 0.497 e. The number of hydrogen-bond acceptors (Lipinski definition) is 3. The summed E-state index contributed by atoms with van der Waals surface area (Å²) in [6.07, 6.45) is 0. The molecular weight excluding hydrogens is 250 g/mol. The summed E-state index contributed by atoms with van der Waals surface area (Å²) in [6.45, 7) is 2.00. The van der Waals surface area contributed by atoms with Gasteiger partial charge in [-0.05, 0) is 35.0 Å². The van der Waals surface area contributed by atoms with Gasteiger partial charge in [-0.2, -0.15) is 0 Å². The topological polar surface area (TPSA) is 22.1 Å². The highest BCUT2D eigenvalue weighted by Crippen LogP contribution is 2.32. The van der Waals surface area contributed by atoms with Gasteiger partial charge in [0.15, 0.2) is 0 Å². The fourth-order valence-electron chi connectivity index (χ4n) is 1.19. The summed E-state index contributed by atoms with van der Waals surface area (Å²) in [5.41, 5.74) is 1.02. The zero-order valence-electron chi connectivity index (χ0n) is 7.30. The Bertz CT molecular complexity index is 452. The van der Waals surface area contributed by atoms with E-state index in [0.717, 1.165) is 25.4 Å². The van der Waals surface area contributed by atoms with Gasteiger partial charge >= 0.3 is 0 Å². The standard InChI is InChI=1S/C9H8BrNOS/c1-5-11-9-7(10)3-6(12-2)4-8(9)13-5/h3-4H,1-2H3. The van der Waals surface area contributed by atoms with Gasteiger partial charge in [-0.1, -0.05) is 0 Å². The number of thiazole rings is 1. The molecule has 0 fully saturated rings. The molecule has 0 saturated carbocycles. The quantitative estimate of drug-likeness (QED) is 0.782. The number of fused-ring (bicyclic) bond motifs is 1. The van der Waals surface area contributed by atoms with Gasteiger partial charge < -0.3 is 4.74 Å². The average Bonchev–Trinajstić information content (AvgIpc) is 2.46. The molecule has 4 heteroatoms. The van der Waals surface area contributed by atoms with Gasteiger partial charge in [-0.25, -0.2) is 4.98 Å². The van der Waals surface area contributed by atoms with Crippen molar-refractivity contribution in [2.24, 2.45) is 0 Å². The number of aromatic nitrogens is 1. The Hall–Kier alpha value is -0.610. The second kappa shape index (κ2) is 3.27. The van der Waals surface area contributed by atoms with Gasteiger partial charge in [-0.3, -0.25) is 0 Å². The van der Waals surface area contributed by atoms with Crippen molar-refractivity contribution in [1.29, 1.82) is 0 Å². The molecule has 2 aromatic rings. The van der Waals surface area contributed by atoms with Crippen molar-refractivity contribution < 1.29 is 4.74 Å². The lowest BCUT2D eigenvalue weighted by Crippen LogP contribution is -1.82. The van der Waals surface area contributed by atoms with Crippen LogP contribution in [0.25, 0.3) is 10.2 Å². The van der Waals surface area contributed by atoms with Gasteiger partial charge in [-0.15, -0.1) is 11.3 Å². The SMILES string of the molecule is COc1cc(Br)c2nc(C)sc2c1. The second-order valence-electron chi connectivity index (χ2n) is 2.69. The molecule has 0 bridgehead atoms. The number of rotatable bonds is 1. The Kier molecular flexibility index (Phi) is 2.26. The number of nitrogens with zero attached hydrogens (tertiary/aromatic N) is 1. The third-order valence-corrected chi connectivity index (χ3v) is 3.29. The van der Waals surface area contributed by atoms with E-state index in [-0.39, 0.29) is 0 Å². The number of methoxy groups -OCH3 is 1. The van der Waals surface area contributed by atoms with Crippen molar-refractivity contribution >= 4 is 37.5 Å². The molecule has 1 heterocycles. The summed E-state index contributed by atoms with van der Waals surface area (Å²) in [5, 5.41) is 1.07. The van der Waals surface area contributed by atoms with E-state index in [0.29, 0.717) is 0 Å². The predicted molar refractivity (Wildman–Crippen MR) is 58.6 cm³/mol. The highest BCUT2D eigenvalue weighted by atomic mass is 79.9. The number of benzene rings is 1. The Balaban J connectivity index is 2.75. The minimum atomic E-state index is 0.864. The predicted octanol–water partition coefficient (Wildman–Crippen LogP) is 3.38. The van der Waals surface area contributed by atoms with E-state index in [9.17, 15) is 0 Å². The fourth-order valence-corrected chi connectivity index (χ4v) is 2.74. The van der Waals surface area contributed by atoms with Gasteiger partial charge in [0.2, 0.25) is 0 Å². The third-order valence-electron chi connectivity index (χ3n) is 1.76.